The molecule has 1 nitrogen and oxygen atoms in total. The van der Waals surface area contributed by atoms with E-state index < -0.39 is 34.0 Å². The highest BCUT2D eigenvalue weighted by molar-refractivity contribution is 7.93. The summed E-state index contributed by atoms with van der Waals surface area (Å²) in [7, 11) is 0. The van der Waals surface area contributed by atoms with Crippen LogP contribution in [0.4, 0.5) is 43.9 Å². The molecule has 0 bridgehead atoms. The highest BCUT2D eigenvalue weighted by Gasteiger charge is 2.81. The van der Waals surface area contributed by atoms with E-state index in [4.69, 9.17) is 0 Å². The highest BCUT2D eigenvalue weighted by atomic mass is 32.2. The van der Waals surface area contributed by atoms with Crippen LogP contribution >= 0.6 is 0 Å². The third kappa shape index (κ3) is 2.47. The van der Waals surface area contributed by atoms with Crippen molar-refractivity contribution < 1.29 is 48.5 Å². The third-order valence-electron chi connectivity index (χ3n) is 1.13. The summed E-state index contributed by atoms with van der Waals surface area (Å²) in [5.74, 6) is 0. The lowest BCUT2D eigenvalue weighted by Gasteiger charge is -2.27. The predicted octanol–water partition coefficient (Wildman–Crippen LogP) is 3.05. The van der Waals surface area contributed by atoms with Crippen molar-refractivity contribution in [1.82, 2.24) is 0 Å². The van der Waals surface area contributed by atoms with Crippen LogP contribution in [0.2, 0.25) is 0 Å². The average molecular weight is 286 g/mol. The predicted molar refractivity (Wildman–Crippen MR) is 30.1 cm³/mol. The highest BCUT2D eigenvalue weighted by Crippen LogP contribution is 2.50. The molecule has 0 aliphatic rings. The molecule has 16 heavy (non-hydrogen) atoms. The molecule has 98 valence electrons. The zero-order chi connectivity index (χ0) is 13.6. The lowest BCUT2D eigenvalue weighted by atomic mass is 10.7. The van der Waals surface area contributed by atoms with Crippen molar-refractivity contribution >= 4 is 11.2 Å². The Morgan fingerprint density at radius 3 is 0.875 bits per heavy atom. The van der Waals surface area contributed by atoms with Gasteiger partial charge >= 0.3 is 22.9 Å². The van der Waals surface area contributed by atoms with E-state index in [0.29, 0.717) is 0 Å². The Balaban J connectivity index is 5.30. The Kier molecular flexibility index (Phi) is 3.73. The molecule has 0 aromatic heterocycles. The van der Waals surface area contributed by atoms with E-state index in [1.54, 1.807) is 0 Å². The van der Waals surface area contributed by atoms with Gasteiger partial charge in [0.25, 0.3) is 0 Å². The monoisotopic (exact) mass is 286 g/mol. The Morgan fingerprint density at radius 1 is 0.562 bits per heavy atom. The first-order valence-electron chi connectivity index (χ1n) is 2.96. The van der Waals surface area contributed by atoms with Crippen LogP contribution in [-0.4, -0.2) is 27.4 Å². The largest absolute Gasteiger partial charge is 0.606 e. The molecular weight excluding hydrogens is 286 g/mol. The summed E-state index contributed by atoms with van der Waals surface area (Å²) in [4.78, 5) is 0. The fourth-order valence-corrected chi connectivity index (χ4v) is 1.11. The van der Waals surface area contributed by atoms with Gasteiger partial charge in [-0.15, -0.1) is 17.6 Å². The van der Waals surface area contributed by atoms with Gasteiger partial charge in [0, 0.05) is 0 Å². The fourth-order valence-electron chi connectivity index (χ4n) is 0.371. The molecule has 0 heterocycles. The fraction of sp³-hybridized carbons (Fsp3) is 1.00. The van der Waals surface area contributed by atoms with Crippen molar-refractivity contribution in [2.24, 2.45) is 0 Å². The van der Waals surface area contributed by atoms with Gasteiger partial charge in [0.05, 0.1) is 0 Å². The number of hydrogen-bond donors (Lipinski definition) is 0. The van der Waals surface area contributed by atoms with E-state index in [2.05, 4.69) is 0 Å². The van der Waals surface area contributed by atoms with E-state index in [1.165, 1.54) is 0 Å². The van der Waals surface area contributed by atoms with Crippen LogP contribution < -0.4 is 0 Å². The number of hydrogen-bond acceptors (Lipinski definition) is 1. The molecule has 0 fully saturated rings. The lowest BCUT2D eigenvalue weighted by Crippen LogP contribution is -2.56. The molecule has 0 aliphatic heterocycles. The normalized spacial score (nSPS) is 15.8. The van der Waals surface area contributed by atoms with Crippen molar-refractivity contribution in [3.8, 4) is 0 Å². The summed E-state index contributed by atoms with van der Waals surface area (Å²) < 4.78 is 126. The van der Waals surface area contributed by atoms with Crippen LogP contribution in [0.5, 0.6) is 0 Å². The summed E-state index contributed by atoms with van der Waals surface area (Å²) in [6.07, 6.45) is -13.5. The second kappa shape index (κ2) is 3.82. The van der Waals surface area contributed by atoms with Crippen LogP contribution in [0.25, 0.3) is 0 Å². The van der Waals surface area contributed by atoms with Gasteiger partial charge in [-0.05, 0) is 0 Å². The zero-order valence-corrected chi connectivity index (χ0v) is 7.41. The molecule has 0 radical (unpaired) electrons. The van der Waals surface area contributed by atoms with Crippen LogP contribution in [0.15, 0.2) is 0 Å². The number of alkyl halides is 10. The van der Waals surface area contributed by atoms with E-state index in [0.717, 1.165) is 0 Å². The number of rotatable bonds is 2. The Morgan fingerprint density at radius 2 is 0.750 bits per heavy atom. The first kappa shape index (κ1) is 15.6. The van der Waals surface area contributed by atoms with Gasteiger partial charge in [-0.25, -0.2) is 0 Å². The summed E-state index contributed by atoms with van der Waals surface area (Å²) in [6.45, 7) is 0. The summed E-state index contributed by atoms with van der Waals surface area (Å²) in [5.41, 5.74) is 0. The van der Waals surface area contributed by atoms with Crippen molar-refractivity contribution in [3.05, 3.63) is 0 Å². The molecule has 0 amide bonds. The molecule has 0 saturated heterocycles. The van der Waals surface area contributed by atoms with Crippen molar-refractivity contribution in [2.45, 2.75) is 22.9 Å². The molecule has 0 aliphatic carbocycles. The molecule has 0 unspecified atom stereocenters. The topological polar surface area (TPSA) is 23.1 Å². The van der Waals surface area contributed by atoms with Crippen molar-refractivity contribution in [2.75, 3.05) is 0 Å². The van der Waals surface area contributed by atoms with Crippen LogP contribution in [0, 0.1) is 0 Å². The molecule has 12 heteroatoms. The van der Waals surface area contributed by atoms with E-state index >= 15 is 0 Å². The minimum absolute atomic E-state index is 5.80. The molecular formula is C4F10OS. The minimum Gasteiger partial charge on any atom is -0.606 e. The number of halogens is 10. The van der Waals surface area contributed by atoms with Gasteiger partial charge in [0.15, 0.2) is 0 Å². The van der Waals surface area contributed by atoms with Crippen LogP contribution in [0.3, 0.4) is 0 Å². The van der Waals surface area contributed by atoms with E-state index in [1.807, 2.05) is 0 Å². The summed E-state index contributed by atoms with van der Waals surface area (Å²) in [6, 6.07) is 0. The molecule has 0 aromatic rings. The Hall–Kier alpha value is -0.390. The van der Waals surface area contributed by atoms with Crippen LogP contribution in [0.1, 0.15) is 0 Å². The van der Waals surface area contributed by atoms with Gasteiger partial charge in [0.1, 0.15) is 11.2 Å². The molecule has 0 N–H and O–H groups in total. The molecule has 0 saturated carbocycles. The maximum absolute atomic E-state index is 11.9. The smallest absolute Gasteiger partial charge is 0.510 e. The second-order valence-electron chi connectivity index (χ2n) is 2.30. The minimum atomic E-state index is -6.77. The zero-order valence-electron chi connectivity index (χ0n) is 6.60. The average Bonchev–Trinajstić information content (AvgIpc) is 1.98. The van der Waals surface area contributed by atoms with Crippen LogP contribution in [-0.2, 0) is 11.2 Å². The molecule has 0 spiro atoms. The maximum Gasteiger partial charge on any atom is 0.510 e. The molecule has 0 aromatic carbocycles. The first-order chi connectivity index (χ1) is 6.65. The SMILES string of the molecule is [O-][S+](C(F)(F)C(F)(F)F)C(F)(F)C(F)(F)F. The summed E-state index contributed by atoms with van der Waals surface area (Å²) >= 11 is -5.80. The molecule has 0 rings (SSSR count). The van der Waals surface area contributed by atoms with Crippen molar-refractivity contribution in [1.29, 1.82) is 0 Å². The lowest BCUT2D eigenvalue weighted by molar-refractivity contribution is -0.263. The summed E-state index contributed by atoms with van der Waals surface area (Å²) in [5, 5.41) is -13.3. The van der Waals surface area contributed by atoms with Gasteiger partial charge in [-0.3, -0.25) is 0 Å². The maximum atomic E-state index is 11.9. The molecule has 0 atom stereocenters. The first-order valence-corrected chi connectivity index (χ1v) is 4.11. The van der Waals surface area contributed by atoms with Gasteiger partial charge < -0.3 is 4.55 Å². The van der Waals surface area contributed by atoms with Gasteiger partial charge in [-0.1, -0.05) is 0 Å². The van der Waals surface area contributed by atoms with E-state index in [9.17, 15) is 48.5 Å². The van der Waals surface area contributed by atoms with Crippen molar-refractivity contribution in [3.63, 3.8) is 0 Å². The van der Waals surface area contributed by atoms with E-state index in [-0.39, 0.29) is 0 Å². The quantitative estimate of drug-likeness (QED) is 0.565. The Bertz CT molecular complexity index is 227. The second-order valence-corrected chi connectivity index (χ2v) is 3.86. The Labute approximate surface area is 83.6 Å². The van der Waals surface area contributed by atoms with Gasteiger partial charge in [0.2, 0.25) is 0 Å². The standard InChI is InChI=1S/C4F10OS/c5-1(6,7)3(11,12)16(15)4(13,14)2(8,9)10. The van der Waals surface area contributed by atoms with Gasteiger partial charge in [-0.2, -0.15) is 26.3 Å². The third-order valence-corrected chi connectivity index (χ3v) is 2.52.